The molecule has 120 valence electrons. The van der Waals surface area contributed by atoms with Gasteiger partial charge in [-0.2, -0.15) is 0 Å². The van der Waals surface area contributed by atoms with Crippen LogP contribution in [0.3, 0.4) is 0 Å². The number of rotatable bonds is 6. The second-order valence-corrected chi connectivity index (χ2v) is 4.70. The molecule has 5 nitrogen and oxygen atoms in total. The second kappa shape index (κ2) is 7.35. The van der Waals surface area contributed by atoms with E-state index in [9.17, 15) is 9.90 Å². The number of aromatic hydroxyl groups is 1. The van der Waals surface area contributed by atoms with Gasteiger partial charge in [-0.1, -0.05) is 12.1 Å². The van der Waals surface area contributed by atoms with Crippen LogP contribution < -0.4 is 14.2 Å². The highest BCUT2D eigenvalue weighted by Gasteiger charge is 2.10. The number of carbonyl (C=O) groups excluding carboxylic acids is 1. The van der Waals surface area contributed by atoms with Gasteiger partial charge in [-0.3, -0.25) is 4.79 Å². The first kappa shape index (κ1) is 16.4. The molecule has 23 heavy (non-hydrogen) atoms. The minimum Gasteiger partial charge on any atom is -0.508 e. The largest absolute Gasteiger partial charge is 0.508 e. The molecule has 0 heterocycles. The SMILES string of the molecule is COc1ccc(C=CC(=O)c2ccc(O)cc2OC)cc1OC. The lowest BCUT2D eigenvalue weighted by atomic mass is 10.1. The van der Waals surface area contributed by atoms with Crippen molar-refractivity contribution >= 4 is 11.9 Å². The van der Waals surface area contributed by atoms with E-state index in [2.05, 4.69) is 0 Å². The predicted octanol–water partition coefficient (Wildman–Crippen LogP) is 3.31. The van der Waals surface area contributed by atoms with Gasteiger partial charge in [-0.15, -0.1) is 0 Å². The number of phenols is 1. The first-order chi connectivity index (χ1) is 11.1. The van der Waals surface area contributed by atoms with Crippen LogP contribution >= 0.6 is 0 Å². The van der Waals surface area contributed by atoms with Crippen LogP contribution in [0.4, 0.5) is 0 Å². The Morgan fingerprint density at radius 3 is 2.26 bits per heavy atom. The van der Waals surface area contributed by atoms with E-state index in [1.165, 1.54) is 31.4 Å². The van der Waals surface area contributed by atoms with E-state index in [0.717, 1.165) is 5.56 Å². The highest BCUT2D eigenvalue weighted by molar-refractivity contribution is 6.08. The van der Waals surface area contributed by atoms with Gasteiger partial charge >= 0.3 is 0 Å². The van der Waals surface area contributed by atoms with Crippen molar-refractivity contribution in [3.63, 3.8) is 0 Å². The summed E-state index contributed by atoms with van der Waals surface area (Å²) in [6.45, 7) is 0. The van der Waals surface area contributed by atoms with Crippen molar-refractivity contribution < 1.29 is 24.1 Å². The van der Waals surface area contributed by atoms with Gasteiger partial charge in [0.15, 0.2) is 17.3 Å². The molecule has 2 aromatic rings. The van der Waals surface area contributed by atoms with Crippen LogP contribution in [0.2, 0.25) is 0 Å². The maximum Gasteiger partial charge on any atom is 0.189 e. The van der Waals surface area contributed by atoms with Gasteiger partial charge in [0.1, 0.15) is 11.5 Å². The summed E-state index contributed by atoms with van der Waals surface area (Å²) in [5, 5.41) is 9.43. The topological polar surface area (TPSA) is 65.0 Å². The lowest BCUT2D eigenvalue weighted by Crippen LogP contribution is -1.98. The standard InChI is InChI=1S/C18H18O5/c1-21-16-9-5-12(10-18(16)23-3)4-8-15(20)14-7-6-13(19)11-17(14)22-2/h4-11,19H,1-3H3. The highest BCUT2D eigenvalue weighted by Crippen LogP contribution is 2.28. The maximum atomic E-state index is 12.3. The first-order valence-electron chi connectivity index (χ1n) is 6.90. The minimum atomic E-state index is -0.225. The Balaban J connectivity index is 2.25. The van der Waals surface area contributed by atoms with Gasteiger partial charge in [0.05, 0.1) is 26.9 Å². The van der Waals surface area contributed by atoms with E-state index in [4.69, 9.17) is 14.2 Å². The summed E-state index contributed by atoms with van der Waals surface area (Å²) in [4.78, 5) is 12.3. The molecule has 0 aliphatic carbocycles. The Labute approximate surface area is 134 Å². The van der Waals surface area contributed by atoms with Gasteiger partial charge in [-0.05, 0) is 35.9 Å². The number of allylic oxidation sites excluding steroid dienone is 1. The summed E-state index contributed by atoms with van der Waals surface area (Å²) < 4.78 is 15.5. The lowest BCUT2D eigenvalue weighted by Gasteiger charge is -2.08. The quantitative estimate of drug-likeness (QED) is 0.654. The molecular formula is C18H18O5. The molecule has 0 radical (unpaired) electrons. The van der Waals surface area contributed by atoms with Crippen molar-refractivity contribution in [1.29, 1.82) is 0 Å². The molecule has 0 fully saturated rings. The van der Waals surface area contributed by atoms with Crippen molar-refractivity contribution in [3.05, 3.63) is 53.6 Å². The van der Waals surface area contributed by atoms with Crippen molar-refractivity contribution in [3.8, 4) is 23.0 Å². The number of carbonyl (C=O) groups is 1. The van der Waals surface area contributed by atoms with Gasteiger partial charge in [-0.25, -0.2) is 0 Å². The average Bonchev–Trinajstić information content (AvgIpc) is 2.59. The van der Waals surface area contributed by atoms with Gasteiger partial charge in [0, 0.05) is 6.07 Å². The minimum absolute atomic E-state index is 0.0438. The molecule has 0 unspecified atom stereocenters. The molecule has 2 aromatic carbocycles. The van der Waals surface area contributed by atoms with Crippen LogP contribution in [0.1, 0.15) is 15.9 Å². The van der Waals surface area contributed by atoms with E-state index in [1.807, 2.05) is 6.07 Å². The van der Waals surface area contributed by atoms with Gasteiger partial charge < -0.3 is 19.3 Å². The van der Waals surface area contributed by atoms with Crippen LogP contribution in [-0.4, -0.2) is 32.2 Å². The fraction of sp³-hybridized carbons (Fsp3) is 0.167. The van der Waals surface area contributed by atoms with Crippen LogP contribution in [0.25, 0.3) is 6.08 Å². The predicted molar refractivity (Wildman–Crippen MR) is 87.6 cm³/mol. The zero-order chi connectivity index (χ0) is 16.8. The monoisotopic (exact) mass is 314 g/mol. The van der Waals surface area contributed by atoms with E-state index >= 15 is 0 Å². The molecule has 0 atom stereocenters. The number of ether oxygens (including phenoxy) is 3. The maximum absolute atomic E-state index is 12.3. The normalized spacial score (nSPS) is 10.6. The first-order valence-corrected chi connectivity index (χ1v) is 6.90. The van der Waals surface area contributed by atoms with Crippen LogP contribution in [0.5, 0.6) is 23.0 Å². The summed E-state index contributed by atoms with van der Waals surface area (Å²) in [6, 6.07) is 9.73. The Morgan fingerprint density at radius 2 is 1.61 bits per heavy atom. The van der Waals surface area contributed by atoms with Crippen molar-refractivity contribution in [2.24, 2.45) is 0 Å². The van der Waals surface area contributed by atoms with E-state index < -0.39 is 0 Å². The van der Waals surface area contributed by atoms with Crippen molar-refractivity contribution in [2.75, 3.05) is 21.3 Å². The smallest absolute Gasteiger partial charge is 0.189 e. The number of methoxy groups -OCH3 is 3. The van der Waals surface area contributed by atoms with Crippen molar-refractivity contribution in [2.45, 2.75) is 0 Å². The van der Waals surface area contributed by atoms with Gasteiger partial charge in [0.2, 0.25) is 0 Å². The Kier molecular flexibility index (Phi) is 5.25. The molecule has 0 amide bonds. The third kappa shape index (κ3) is 3.83. The Hall–Kier alpha value is -2.95. The van der Waals surface area contributed by atoms with Crippen molar-refractivity contribution in [1.82, 2.24) is 0 Å². The number of hydrogen-bond donors (Lipinski definition) is 1. The molecule has 0 saturated carbocycles. The van der Waals surface area contributed by atoms with E-state index in [-0.39, 0.29) is 11.5 Å². The van der Waals surface area contributed by atoms with Crippen LogP contribution in [0.15, 0.2) is 42.5 Å². The lowest BCUT2D eigenvalue weighted by molar-refractivity contribution is 0.104. The van der Waals surface area contributed by atoms with Crippen LogP contribution in [-0.2, 0) is 0 Å². The highest BCUT2D eigenvalue weighted by atomic mass is 16.5. The number of benzene rings is 2. The zero-order valence-electron chi connectivity index (χ0n) is 13.2. The molecule has 0 bridgehead atoms. The number of hydrogen-bond acceptors (Lipinski definition) is 5. The molecule has 5 heteroatoms. The molecule has 1 N–H and O–H groups in total. The summed E-state index contributed by atoms with van der Waals surface area (Å²) in [6.07, 6.45) is 3.12. The number of phenolic OH excluding ortho intramolecular Hbond substituents is 1. The molecule has 2 rings (SSSR count). The molecule has 0 aliphatic heterocycles. The fourth-order valence-corrected chi connectivity index (χ4v) is 2.10. The van der Waals surface area contributed by atoms with Gasteiger partial charge in [0.25, 0.3) is 0 Å². The molecular weight excluding hydrogens is 296 g/mol. The fourth-order valence-electron chi connectivity index (χ4n) is 2.10. The average molecular weight is 314 g/mol. The zero-order valence-corrected chi connectivity index (χ0v) is 13.2. The van der Waals surface area contributed by atoms with Crippen LogP contribution in [0, 0.1) is 0 Å². The molecule has 0 aliphatic rings. The number of ketones is 1. The Morgan fingerprint density at radius 1 is 0.913 bits per heavy atom. The summed E-state index contributed by atoms with van der Waals surface area (Å²) in [5.41, 5.74) is 1.18. The third-order valence-corrected chi connectivity index (χ3v) is 3.29. The summed E-state index contributed by atoms with van der Waals surface area (Å²) in [7, 11) is 4.56. The molecule has 0 spiro atoms. The molecule has 0 saturated heterocycles. The molecule has 0 aromatic heterocycles. The third-order valence-electron chi connectivity index (χ3n) is 3.29. The summed E-state index contributed by atoms with van der Waals surface area (Å²) >= 11 is 0. The van der Waals surface area contributed by atoms with E-state index in [1.54, 1.807) is 32.4 Å². The van der Waals surface area contributed by atoms with E-state index in [0.29, 0.717) is 22.8 Å². The second-order valence-electron chi connectivity index (χ2n) is 4.70. The Bertz CT molecular complexity index is 734. The summed E-state index contributed by atoms with van der Waals surface area (Å²) in [5.74, 6) is 1.35.